The van der Waals surface area contributed by atoms with Crippen molar-refractivity contribution in [2.75, 3.05) is 0 Å². The first-order valence-corrected chi connectivity index (χ1v) is 10.1. The molecule has 2 aromatic carbocycles. The molecular weight excluding hydrogens is 330 g/mol. The van der Waals surface area contributed by atoms with Crippen LogP contribution in [0.15, 0.2) is 71.6 Å². The molecule has 25 heavy (non-hydrogen) atoms. The topological polar surface area (TPSA) is 39.1 Å². The van der Waals surface area contributed by atoms with Crippen molar-refractivity contribution in [2.24, 2.45) is 0 Å². The fourth-order valence-electron chi connectivity index (χ4n) is 2.93. The molecule has 3 aromatic rings. The molecule has 1 heterocycles. The maximum Gasteiger partial charge on any atom is 0.268 e. The standard InChI is InChI=1S/C21H23NO2S/c1-3-4-10-19-13-16-21(18-8-6-5-7-9-18)22(19)25(23,24)20-14-11-17(2)12-15-20/h5-9,11-16H,3-4,10H2,1-2H3. The van der Waals surface area contributed by atoms with Crippen LogP contribution in [0, 0.1) is 6.92 Å². The third kappa shape index (κ3) is 3.54. The first-order valence-electron chi connectivity index (χ1n) is 8.62. The Morgan fingerprint density at radius 2 is 1.56 bits per heavy atom. The van der Waals surface area contributed by atoms with E-state index in [2.05, 4.69) is 6.92 Å². The summed E-state index contributed by atoms with van der Waals surface area (Å²) in [6, 6.07) is 20.6. The van der Waals surface area contributed by atoms with Gasteiger partial charge < -0.3 is 0 Å². The Balaban J connectivity index is 2.18. The summed E-state index contributed by atoms with van der Waals surface area (Å²) in [7, 11) is -3.64. The number of benzene rings is 2. The molecule has 0 saturated heterocycles. The van der Waals surface area contributed by atoms with E-state index >= 15 is 0 Å². The highest BCUT2D eigenvalue weighted by atomic mass is 32.2. The predicted molar refractivity (Wildman–Crippen MR) is 102 cm³/mol. The van der Waals surface area contributed by atoms with E-state index < -0.39 is 10.0 Å². The Bertz CT molecular complexity index is 939. The Morgan fingerprint density at radius 1 is 0.880 bits per heavy atom. The quantitative estimate of drug-likeness (QED) is 0.622. The molecule has 0 aliphatic rings. The molecule has 0 radical (unpaired) electrons. The maximum absolute atomic E-state index is 13.3. The highest BCUT2D eigenvalue weighted by Gasteiger charge is 2.23. The van der Waals surface area contributed by atoms with Crippen LogP contribution in [0.1, 0.15) is 31.0 Å². The zero-order valence-electron chi connectivity index (χ0n) is 14.6. The van der Waals surface area contributed by atoms with Gasteiger partial charge in [0.1, 0.15) is 0 Å². The lowest BCUT2D eigenvalue weighted by atomic mass is 10.2. The summed E-state index contributed by atoms with van der Waals surface area (Å²) in [5, 5.41) is 0. The molecule has 3 nitrogen and oxygen atoms in total. The smallest absolute Gasteiger partial charge is 0.238 e. The molecule has 130 valence electrons. The molecule has 4 heteroatoms. The molecule has 0 unspecified atom stereocenters. The first kappa shape index (κ1) is 17.5. The summed E-state index contributed by atoms with van der Waals surface area (Å²) in [5.41, 5.74) is 3.50. The van der Waals surface area contributed by atoms with Gasteiger partial charge in [0, 0.05) is 5.69 Å². The Hall–Kier alpha value is -2.33. The largest absolute Gasteiger partial charge is 0.268 e. The van der Waals surface area contributed by atoms with Gasteiger partial charge in [0.2, 0.25) is 0 Å². The Labute approximate surface area is 150 Å². The van der Waals surface area contributed by atoms with Crippen LogP contribution in [0.3, 0.4) is 0 Å². The monoisotopic (exact) mass is 353 g/mol. The van der Waals surface area contributed by atoms with E-state index in [0.29, 0.717) is 10.6 Å². The molecule has 0 fully saturated rings. The van der Waals surface area contributed by atoms with Crippen molar-refractivity contribution >= 4 is 10.0 Å². The zero-order chi connectivity index (χ0) is 17.9. The summed E-state index contributed by atoms with van der Waals surface area (Å²) < 4.78 is 28.2. The van der Waals surface area contributed by atoms with Gasteiger partial charge in [-0.3, -0.25) is 0 Å². The van der Waals surface area contributed by atoms with Crippen LogP contribution in [-0.2, 0) is 16.4 Å². The third-order valence-corrected chi connectivity index (χ3v) is 6.11. The van der Waals surface area contributed by atoms with Crippen molar-refractivity contribution in [3.63, 3.8) is 0 Å². The number of aromatic nitrogens is 1. The second-order valence-electron chi connectivity index (χ2n) is 6.26. The van der Waals surface area contributed by atoms with Crippen LogP contribution in [0.2, 0.25) is 0 Å². The van der Waals surface area contributed by atoms with E-state index in [4.69, 9.17) is 0 Å². The lowest BCUT2D eigenvalue weighted by Crippen LogP contribution is -2.17. The number of rotatable bonds is 6. The summed E-state index contributed by atoms with van der Waals surface area (Å²) in [6.07, 6.45) is 2.73. The van der Waals surface area contributed by atoms with E-state index in [9.17, 15) is 8.42 Å². The third-order valence-electron chi connectivity index (χ3n) is 4.33. The molecule has 0 amide bonds. The summed E-state index contributed by atoms with van der Waals surface area (Å²) in [5.74, 6) is 0. The van der Waals surface area contributed by atoms with Gasteiger partial charge in [-0.15, -0.1) is 0 Å². The summed E-state index contributed by atoms with van der Waals surface area (Å²) >= 11 is 0. The van der Waals surface area contributed by atoms with Crippen molar-refractivity contribution < 1.29 is 8.42 Å². The first-order chi connectivity index (χ1) is 12.0. The van der Waals surface area contributed by atoms with Gasteiger partial charge in [-0.1, -0.05) is 61.4 Å². The lowest BCUT2D eigenvalue weighted by molar-refractivity contribution is 0.585. The van der Waals surface area contributed by atoms with Crippen LogP contribution in [0.4, 0.5) is 0 Å². The molecule has 3 rings (SSSR count). The number of nitrogens with zero attached hydrogens (tertiary/aromatic N) is 1. The molecule has 0 aliphatic carbocycles. The van der Waals surface area contributed by atoms with E-state index in [1.165, 1.54) is 3.97 Å². The fourth-order valence-corrected chi connectivity index (χ4v) is 4.51. The fraction of sp³-hybridized carbons (Fsp3) is 0.238. The minimum Gasteiger partial charge on any atom is -0.238 e. The maximum atomic E-state index is 13.3. The molecule has 1 aromatic heterocycles. The van der Waals surface area contributed by atoms with E-state index in [-0.39, 0.29) is 0 Å². The van der Waals surface area contributed by atoms with Crippen molar-refractivity contribution in [2.45, 2.75) is 38.0 Å². The molecule has 0 atom stereocenters. The Morgan fingerprint density at radius 3 is 2.20 bits per heavy atom. The average molecular weight is 353 g/mol. The zero-order valence-corrected chi connectivity index (χ0v) is 15.5. The average Bonchev–Trinajstić information content (AvgIpc) is 3.06. The minimum absolute atomic E-state index is 0.323. The van der Waals surface area contributed by atoms with Gasteiger partial charge in [0.15, 0.2) is 0 Å². The van der Waals surface area contributed by atoms with Gasteiger partial charge in [-0.25, -0.2) is 12.4 Å². The molecule has 0 aliphatic heterocycles. The Kier molecular flexibility index (Phi) is 5.09. The van der Waals surface area contributed by atoms with Gasteiger partial charge in [-0.2, -0.15) is 0 Å². The van der Waals surface area contributed by atoms with Crippen molar-refractivity contribution in [3.05, 3.63) is 78.0 Å². The number of unbranched alkanes of at least 4 members (excludes halogenated alkanes) is 1. The number of hydrogen-bond acceptors (Lipinski definition) is 2. The molecule has 0 N–H and O–H groups in total. The van der Waals surface area contributed by atoms with Gasteiger partial charge >= 0.3 is 0 Å². The SMILES string of the molecule is CCCCc1ccc(-c2ccccc2)n1S(=O)(=O)c1ccc(C)cc1. The second kappa shape index (κ2) is 7.28. The second-order valence-corrected chi connectivity index (χ2v) is 8.05. The van der Waals surface area contributed by atoms with Gasteiger partial charge in [0.25, 0.3) is 10.0 Å². The van der Waals surface area contributed by atoms with Crippen LogP contribution in [-0.4, -0.2) is 12.4 Å². The highest BCUT2D eigenvalue weighted by molar-refractivity contribution is 7.90. The summed E-state index contributed by atoms with van der Waals surface area (Å²) in [4.78, 5) is 0.323. The van der Waals surface area contributed by atoms with E-state index in [0.717, 1.165) is 36.1 Å². The molecule has 0 bridgehead atoms. The van der Waals surface area contributed by atoms with Crippen molar-refractivity contribution in [1.29, 1.82) is 0 Å². The molecular formula is C21H23NO2S. The molecule has 0 saturated carbocycles. The van der Waals surface area contributed by atoms with Crippen LogP contribution < -0.4 is 0 Å². The van der Waals surface area contributed by atoms with E-state index in [1.807, 2.05) is 61.5 Å². The lowest BCUT2D eigenvalue weighted by Gasteiger charge is -2.15. The van der Waals surface area contributed by atoms with Crippen molar-refractivity contribution in [3.8, 4) is 11.3 Å². The normalized spacial score (nSPS) is 11.6. The van der Waals surface area contributed by atoms with Crippen LogP contribution >= 0.6 is 0 Å². The van der Waals surface area contributed by atoms with Gasteiger partial charge in [0.05, 0.1) is 10.6 Å². The van der Waals surface area contributed by atoms with Crippen LogP contribution in [0.5, 0.6) is 0 Å². The van der Waals surface area contributed by atoms with Gasteiger partial charge in [-0.05, 0) is 49.6 Å². The predicted octanol–water partition coefficient (Wildman–Crippen LogP) is 5.04. The number of aryl methyl sites for hydroxylation is 2. The van der Waals surface area contributed by atoms with Crippen molar-refractivity contribution in [1.82, 2.24) is 3.97 Å². The summed E-state index contributed by atoms with van der Waals surface area (Å²) in [6.45, 7) is 4.06. The minimum atomic E-state index is -3.64. The van der Waals surface area contributed by atoms with Crippen LogP contribution in [0.25, 0.3) is 11.3 Å². The molecule has 0 spiro atoms. The van der Waals surface area contributed by atoms with E-state index in [1.54, 1.807) is 12.1 Å². The highest BCUT2D eigenvalue weighted by Crippen LogP contribution is 2.28. The number of hydrogen-bond donors (Lipinski definition) is 0.